The SMILES string of the molecule is CC(c1ccc(Cl)cc1)n1c(=S)[nH]c2cnccc21. The van der Waals surface area contributed by atoms with Gasteiger partial charge in [0.2, 0.25) is 0 Å². The molecule has 1 aromatic carbocycles. The van der Waals surface area contributed by atoms with E-state index in [-0.39, 0.29) is 6.04 Å². The Morgan fingerprint density at radius 2 is 2.00 bits per heavy atom. The second-order valence-electron chi connectivity index (χ2n) is 4.42. The van der Waals surface area contributed by atoms with Crippen molar-refractivity contribution in [1.82, 2.24) is 14.5 Å². The van der Waals surface area contributed by atoms with E-state index in [4.69, 9.17) is 23.8 Å². The third-order valence-corrected chi connectivity index (χ3v) is 3.81. The largest absolute Gasteiger partial charge is 0.329 e. The van der Waals surface area contributed by atoms with E-state index >= 15 is 0 Å². The van der Waals surface area contributed by atoms with Crippen LogP contribution in [0.3, 0.4) is 0 Å². The van der Waals surface area contributed by atoms with Crippen molar-refractivity contribution < 1.29 is 0 Å². The van der Waals surface area contributed by atoms with Crippen LogP contribution in [0.25, 0.3) is 11.0 Å². The van der Waals surface area contributed by atoms with E-state index in [2.05, 4.69) is 21.5 Å². The first-order valence-electron chi connectivity index (χ1n) is 5.96. The van der Waals surface area contributed by atoms with Gasteiger partial charge in [-0.25, -0.2) is 0 Å². The molecule has 2 heterocycles. The molecule has 1 unspecified atom stereocenters. The zero-order valence-corrected chi connectivity index (χ0v) is 11.9. The first-order chi connectivity index (χ1) is 9.16. The normalized spacial score (nSPS) is 12.7. The summed E-state index contributed by atoms with van der Waals surface area (Å²) < 4.78 is 2.79. The molecule has 1 atom stereocenters. The Labute approximate surface area is 120 Å². The summed E-state index contributed by atoms with van der Waals surface area (Å²) in [5.74, 6) is 0. The number of aromatic nitrogens is 3. The van der Waals surface area contributed by atoms with E-state index in [0.717, 1.165) is 16.1 Å². The van der Waals surface area contributed by atoms with Gasteiger partial charge in [0.15, 0.2) is 4.77 Å². The first kappa shape index (κ1) is 12.4. The maximum absolute atomic E-state index is 5.93. The Kier molecular flexibility index (Phi) is 3.12. The van der Waals surface area contributed by atoms with Crippen molar-refractivity contribution in [2.45, 2.75) is 13.0 Å². The predicted octanol–water partition coefficient (Wildman–Crippen LogP) is 4.36. The van der Waals surface area contributed by atoms with Gasteiger partial charge >= 0.3 is 0 Å². The molecule has 96 valence electrons. The van der Waals surface area contributed by atoms with Gasteiger partial charge in [0.1, 0.15) is 0 Å². The number of halogens is 1. The number of rotatable bonds is 2. The van der Waals surface area contributed by atoms with E-state index in [1.807, 2.05) is 30.3 Å². The molecule has 0 fully saturated rings. The Bertz CT molecular complexity index is 773. The number of nitrogens with zero attached hydrogens (tertiary/aromatic N) is 2. The second-order valence-corrected chi connectivity index (χ2v) is 5.24. The summed E-state index contributed by atoms with van der Waals surface area (Å²) in [6.45, 7) is 2.12. The Morgan fingerprint density at radius 1 is 1.26 bits per heavy atom. The van der Waals surface area contributed by atoms with E-state index in [9.17, 15) is 0 Å². The molecule has 0 spiro atoms. The molecule has 5 heteroatoms. The number of nitrogens with one attached hydrogen (secondary N) is 1. The number of hydrogen-bond donors (Lipinski definition) is 1. The molecule has 0 aliphatic heterocycles. The van der Waals surface area contributed by atoms with Crippen LogP contribution in [0, 0.1) is 4.77 Å². The summed E-state index contributed by atoms with van der Waals surface area (Å²) >= 11 is 11.3. The second kappa shape index (κ2) is 4.79. The van der Waals surface area contributed by atoms with E-state index in [1.165, 1.54) is 5.56 Å². The molecule has 0 aliphatic rings. The molecule has 0 bridgehead atoms. The Morgan fingerprint density at radius 3 is 2.74 bits per heavy atom. The summed E-state index contributed by atoms with van der Waals surface area (Å²) in [4.78, 5) is 7.28. The molecule has 3 aromatic rings. The smallest absolute Gasteiger partial charge is 0.178 e. The molecule has 0 aliphatic carbocycles. The van der Waals surface area contributed by atoms with Gasteiger partial charge in [-0.2, -0.15) is 0 Å². The van der Waals surface area contributed by atoms with E-state index in [0.29, 0.717) is 4.77 Å². The monoisotopic (exact) mass is 289 g/mol. The molecule has 0 saturated heterocycles. The van der Waals surface area contributed by atoms with Gasteiger partial charge in [0.05, 0.1) is 23.3 Å². The average molecular weight is 290 g/mol. The lowest BCUT2D eigenvalue weighted by molar-refractivity contribution is 0.649. The molecule has 3 nitrogen and oxygen atoms in total. The average Bonchev–Trinajstić information content (AvgIpc) is 2.74. The number of fused-ring (bicyclic) bond motifs is 1. The lowest BCUT2D eigenvalue weighted by Crippen LogP contribution is -2.06. The van der Waals surface area contributed by atoms with Crippen LogP contribution in [0.5, 0.6) is 0 Å². The van der Waals surface area contributed by atoms with E-state index in [1.54, 1.807) is 12.4 Å². The molecule has 3 rings (SSSR count). The third kappa shape index (κ3) is 2.17. The van der Waals surface area contributed by atoms with Crippen LogP contribution in [0.15, 0.2) is 42.7 Å². The zero-order valence-electron chi connectivity index (χ0n) is 10.3. The molecule has 1 N–H and O–H groups in total. The van der Waals surface area contributed by atoms with Crippen molar-refractivity contribution in [2.75, 3.05) is 0 Å². The summed E-state index contributed by atoms with van der Waals surface area (Å²) in [5.41, 5.74) is 3.17. The van der Waals surface area contributed by atoms with Crippen LogP contribution < -0.4 is 0 Å². The Hall–Kier alpha value is -1.65. The van der Waals surface area contributed by atoms with Crippen LogP contribution in [0.1, 0.15) is 18.5 Å². The minimum atomic E-state index is 0.140. The maximum atomic E-state index is 5.93. The van der Waals surface area contributed by atoms with Gasteiger partial charge in [0, 0.05) is 11.2 Å². The van der Waals surface area contributed by atoms with Gasteiger partial charge in [-0.05, 0) is 42.9 Å². The molecule has 0 radical (unpaired) electrons. The summed E-state index contributed by atoms with van der Waals surface area (Å²) in [7, 11) is 0. The number of benzene rings is 1. The number of imidazole rings is 1. The fourth-order valence-corrected chi connectivity index (χ4v) is 2.75. The Balaban J connectivity index is 2.16. The van der Waals surface area contributed by atoms with Crippen LogP contribution in [0.2, 0.25) is 5.02 Å². The number of H-pyrrole nitrogens is 1. The molecular weight excluding hydrogens is 278 g/mol. The highest BCUT2D eigenvalue weighted by atomic mass is 35.5. The summed E-state index contributed by atoms with van der Waals surface area (Å²) in [5, 5.41) is 0.739. The predicted molar refractivity (Wildman–Crippen MR) is 80.2 cm³/mol. The number of aromatic amines is 1. The highest BCUT2D eigenvalue weighted by molar-refractivity contribution is 7.71. The van der Waals surface area contributed by atoms with Crippen molar-refractivity contribution in [1.29, 1.82) is 0 Å². The minimum Gasteiger partial charge on any atom is -0.329 e. The number of pyridine rings is 1. The van der Waals surface area contributed by atoms with Crippen molar-refractivity contribution in [3.05, 3.63) is 58.1 Å². The maximum Gasteiger partial charge on any atom is 0.178 e. The fraction of sp³-hybridized carbons (Fsp3) is 0.143. The molecular formula is C14H12ClN3S. The highest BCUT2D eigenvalue weighted by Crippen LogP contribution is 2.24. The first-order valence-corrected chi connectivity index (χ1v) is 6.75. The fourth-order valence-electron chi connectivity index (χ4n) is 2.25. The van der Waals surface area contributed by atoms with Gasteiger partial charge < -0.3 is 9.55 Å². The van der Waals surface area contributed by atoms with Crippen LogP contribution >= 0.6 is 23.8 Å². The topological polar surface area (TPSA) is 33.6 Å². The van der Waals surface area contributed by atoms with Crippen LogP contribution in [-0.4, -0.2) is 14.5 Å². The zero-order chi connectivity index (χ0) is 13.4. The van der Waals surface area contributed by atoms with Crippen LogP contribution in [-0.2, 0) is 0 Å². The van der Waals surface area contributed by atoms with Crippen molar-refractivity contribution in [3.8, 4) is 0 Å². The lowest BCUT2D eigenvalue weighted by atomic mass is 10.1. The van der Waals surface area contributed by atoms with Gasteiger partial charge in [-0.15, -0.1) is 0 Å². The van der Waals surface area contributed by atoms with Gasteiger partial charge in [-0.3, -0.25) is 4.98 Å². The summed E-state index contributed by atoms with van der Waals surface area (Å²) in [6, 6.07) is 9.94. The molecule has 0 amide bonds. The van der Waals surface area contributed by atoms with Crippen molar-refractivity contribution in [2.24, 2.45) is 0 Å². The third-order valence-electron chi connectivity index (χ3n) is 3.26. The number of hydrogen-bond acceptors (Lipinski definition) is 2. The molecule has 2 aromatic heterocycles. The highest BCUT2D eigenvalue weighted by Gasteiger charge is 2.12. The standard InChI is InChI=1S/C14H12ClN3S/c1-9(10-2-4-11(15)5-3-10)18-13-6-7-16-8-12(13)17-14(18)19/h2-9H,1H3,(H,17,19). The lowest BCUT2D eigenvalue weighted by Gasteiger charge is -2.15. The van der Waals surface area contributed by atoms with Gasteiger partial charge in [-0.1, -0.05) is 23.7 Å². The minimum absolute atomic E-state index is 0.140. The molecule has 19 heavy (non-hydrogen) atoms. The molecule has 0 saturated carbocycles. The van der Waals surface area contributed by atoms with E-state index < -0.39 is 0 Å². The van der Waals surface area contributed by atoms with Crippen molar-refractivity contribution >= 4 is 34.9 Å². The van der Waals surface area contributed by atoms with Gasteiger partial charge in [0.25, 0.3) is 0 Å². The van der Waals surface area contributed by atoms with Crippen LogP contribution in [0.4, 0.5) is 0 Å². The van der Waals surface area contributed by atoms with Crippen molar-refractivity contribution in [3.63, 3.8) is 0 Å². The quantitative estimate of drug-likeness (QED) is 0.711. The summed E-state index contributed by atoms with van der Waals surface area (Å²) in [6.07, 6.45) is 3.56.